The van der Waals surface area contributed by atoms with Gasteiger partial charge >= 0.3 is 0 Å². The highest BCUT2D eigenvalue weighted by molar-refractivity contribution is 7.89. The van der Waals surface area contributed by atoms with Crippen molar-refractivity contribution in [2.75, 3.05) is 26.2 Å². The van der Waals surface area contributed by atoms with E-state index < -0.39 is 10.0 Å². The fourth-order valence-electron chi connectivity index (χ4n) is 3.51. The number of nitrogens with zero attached hydrogens (tertiary/aromatic N) is 4. The topological polar surface area (TPSA) is 79.5 Å². The van der Waals surface area contributed by atoms with Crippen molar-refractivity contribution in [1.82, 2.24) is 19.3 Å². The number of sulfonamides is 1. The van der Waals surface area contributed by atoms with Crippen molar-refractivity contribution < 1.29 is 12.9 Å². The number of aromatic nitrogens is 2. The second-order valence-electron chi connectivity index (χ2n) is 7.44. The molecule has 1 aliphatic rings. The maximum Gasteiger partial charge on any atom is 0.243 e. The summed E-state index contributed by atoms with van der Waals surface area (Å²) in [5.41, 5.74) is 2.42. The van der Waals surface area contributed by atoms with Crippen molar-refractivity contribution in [2.45, 2.75) is 25.3 Å². The van der Waals surface area contributed by atoms with Gasteiger partial charge in [-0.25, -0.2) is 8.42 Å². The number of halogens is 1. The molecule has 0 unspecified atom stereocenters. The van der Waals surface area contributed by atoms with Gasteiger partial charge in [0.2, 0.25) is 21.7 Å². The number of piperazine rings is 1. The SMILES string of the molecule is Cc1ccc(C)c(S(=O)(=O)N2CCN(Cc3nc(-c4ccccc4Cl)no3)CC2)c1. The number of hydrogen-bond acceptors (Lipinski definition) is 6. The Kier molecular flexibility index (Phi) is 5.92. The Bertz CT molecular complexity index is 1150. The molecule has 4 rings (SSSR count). The summed E-state index contributed by atoms with van der Waals surface area (Å²) in [6.07, 6.45) is 0. The van der Waals surface area contributed by atoms with E-state index in [0.717, 1.165) is 16.7 Å². The summed E-state index contributed by atoms with van der Waals surface area (Å²) in [6, 6.07) is 12.9. The average Bonchev–Trinajstić information content (AvgIpc) is 3.18. The Balaban J connectivity index is 1.41. The van der Waals surface area contributed by atoms with E-state index >= 15 is 0 Å². The van der Waals surface area contributed by atoms with Crippen LogP contribution in [0.4, 0.5) is 0 Å². The predicted molar refractivity (Wildman–Crippen MR) is 115 cm³/mol. The van der Waals surface area contributed by atoms with E-state index in [-0.39, 0.29) is 0 Å². The molecule has 0 amide bonds. The molecular weight excluding hydrogens is 424 g/mol. The zero-order valence-electron chi connectivity index (χ0n) is 16.9. The van der Waals surface area contributed by atoms with Crippen LogP contribution in [-0.2, 0) is 16.6 Å². The lowest BCUT2D eigenvalue weighted by molar-refractivity contribution is 0.163. The molecule has 0 bridgehead atoms. The van der Waals surface area contributed by atoms with E-state index in [4.69, 9.17) is 16.1 Å². The Morgan fingerprint density at radius 3 is 2.53 bits per heavy atom. The smallest absolute Gasteiger partial charge is 0.243 e. The van der Waals surface area contributed by atoms with Crippen LogP contribution in [0.5, 0.6) is 0 Å². The molecule has 30 heavy (non-hydrogen) atoms. The van der Waals surface area contributed by atoms with E-state index in [2.05, 4.69) is 15.0 Å². The van der Waals surface area contributed by atoms with Crippen LogP contribution in [0.1, 0.15) is 17.0 Å². The molecule has 0 spiro atoms. The van der Waals surface area contributed by atoms with Crippen LogP contribution in [0.2, 0.25) is 5.02 Å². The molecule has 9 heteroatoms. The zero-order chi connectivity index (χ0) is 21.3. The zero-order valence-corrected chi connectivity index (χ0v) is 18.4. The van der Waals surface area contributed by atoms with E-state index in [1.165, 1.54) is 0 Å². The Hall–Kier alpha value is -2.26. The summed E-state index contributed by atoms with van der Waals surface area (Å²) in [4.78, 5) is 6.93. The van der Waals surface area contributed by atoms with Crippen molar-refractivity contribution in [1.29, 1.82) is 0 Å². The third-order valence-corrected chi connectivity index (χ3v) is 7.60. The van der Waals surface area contributed by atoms with Crippen LogP contribution in [0.15, 0.2) is 51.9 Å². The van der Waals surface area contributed by atoms with Crippen molar-refractivity contribution in [3.05, 3.63) is 64.5 Å². The van der Waals surface area contributed by atoms with Gasteiger partial charge in [-0.1, -0.05) is 41.0 Å². The normalized spacial score (nSPS) is 16.1. The van der Waals surface area contributed by atoms with Gasteiger partial charge in [-0.3, -0.25) is 4.90 Å². The quantitative estimate of drug-likeness (QED) is 0.596. The first kappa shape index (κ1) is 21.0. The van der Waals surface area contributed by atoms with Crippen LogP contribution >= 0.6 is 11.6 Å². The number of rotatable bonds is 5. The van der Waals surface area contributed by atoms with Gasteiger partial charge in [-0.2, -0.15) is 9.29 Å². The molecule has 0 atom stereocenters. The minimum Gasteiger partial charge on any atom is -0.338 e. The van der Waals surface area contributed by atoms with Crippen molar-refractivity contribution in [2.24, 2.45) is 0 Å². The molecule has 0 aliphatic carbocycles. The van der Waals surface area contributed by atoms with Gasteiger partial charge in [0, 0.05) is 31.7 Å². The van der Waals surface area contributed by atoms with Gasteiger partial charge in [-0.05, 0) is 43.2 Å². The van der Waals surface area contributed by atoms with Crippen molar-refractivity contribution in [3.8, 4) is 11.4 Å². The van der Waals surface area contributed by atoms with E-state index in [9.17, 15) is 8.42 Å². The van der Waals surface area contributed by atoms with Gasteiger partial charge in [0.25, 0.3) is 0 Å². The summed E-state index contributed by atoms with van der Waals surface area (Å²) >= 11 is 6.20. The molecule has 0 radical (unpaired) electrons. The number of benzene rings is 2. The summed E-state index contributed by atoms with van der Waals surface area (Å²) in [7, 11) is -3.51. The lowest BCUT2D eigenvalue weighted by Gasteiger charge is -2.33. The first-order valence-electron chi connectivity index (χ1n) is 9.72. The van der Waals surface area contributed by atoms with E-state index in [0.29, 0.717) is 54.4 Å². The number of aryl methyl sites for hydroxylation is 2. The third kappa shape index (κ3) is 4.27. The molecule has 3 aromatic rings. The molecule has 1 aromatic heterocycles. The molecule has 1 saturated heterocycles. The molecule has 158 valence electrons. The van der Waals surface area contributed by atoms with Crippen LogP contribution < -0.4 is 0 Å². The fraction of sp³-hybridized carbons (Fsp3) is 0.333. The minimum absolute atomic E-state index is 0.386. The molecular formula is C21H23ClN4O3S. The standard InChI is InChI=1S/C21H23ClN4O3S/c1-15-7-8-16(2)19(13-15)30(27,28)26-11-9-25(10-12-26)14-20-23-21(24-29-20)17-5-3-4-6-18(17)22/h3-8,13H,9-12,14H2,1-2H3. The van der Waals surface area contributed by atoms with Gasteiger partial charge in [-0.15, -0.1) is 0 Å². The molecule has 0 N–H and O–H groups in total. The first-order chi connectivity index (χ1) is 14.3. The molecule has 1 fully saturated rings. The Morgan fingerprint density at radius 2 is 1.80 bits per heavy atom. The maximum absolute atomic E-state index is 13.1. The average molecular weight is 447 g/mol. The van der Waals surface area contributed by atoms with Crippen LogP contribution in [0.25, 0.3) is 11.4 Å². The Morgan fingerprint density at radius 1 is 1.07 bits per heavy atom. The highest BCUT2D eigenvalue weighted by Crippen LogP contribution is 2.26. The maximum atomic E-state index is 13.1. The molecule has 1 aliphatic heterocycles. The minimum atomic E-state index is -3.51. The molecule has 2 aromatic carbocycles. The highest BCUT2D eigenvalue weighted by atomic mass is 35.5. The van der Waals surface area contributed by atoms with Crippen LogP contribution in [0, 0.1) is 13.8 Å². The number of hydrogen-bond donors (Lipinski definition) is 0. The summed E-state index contributed by atoms with van der Waals surface area (Å²) in [5.74, 6) is 0.933. The summed E-state index contributed by atoms with van der Waals surface area (Å²) in [5, 5.41) is 4.59. The van der Waals surface area contributed by atoms with E-state index in [1.54, 1.807) is 16.4 Å². The molecule has 0 saturated carbocycles. The van der Waals surface area contributed by atoms with Gasteiger partial charge in [0.1, 0.15) is 0 Å². The van der Waals surface area contributed by atoms with Gasteiger partial charge in [0.05, 0.1) is 16.5 Å². The third-order valence-electron chi connectivity index (χ3n) is 5.23. The Labute approximate surface area is 181 Å². The van der Waals surface area contributed by atoms with Crippen molar-refractivity contribution in [3.63, 3.8) is 0 Å². The van der Waals surface area contributed by atoms with Crippen molar-refractivity contribution >= 4 is 21.6 Å². The highest BCUT2D eigenvalue weighted by Gasteiger charge is 2.30. The summed E-state index contributed by atoms with van der Waals surface area (Å²) in [6.45, 7) is 6.21. The first-order valence-corrected chi connectivity index (χ1v) is 11.5. The fourth-order valence-corrected chi connectivity index (χ4v) is 5.47. The molecule has 2 heterocycles. The van der Waals surface area contributed by atoms with Crippen LogP contribution in [0.3, 0.4) is 0 Å². The largest absolute Gasteiger partial charge is 0.338 e. The second kappa shape index (κ2) is 8.47. The summed E-state index contributed by atoms with van der Waals surface area (Å²) < 4.78 is 33.1. The second-order valence-corrected chi connectivity index (χ2v) is 9.75. The lowest BCUT2D eigenvalue weighted by atomic mass is 10.2. The van der Waals surface area contributed by atoms with Gasteiger partial charge < -0.3 is 4.52 Å². The monoisotopic (exact) mass is 446 g/mol. The van der Waals surface area contributed by atoms with Crippen LogP contribution in [-0.4, -0.2) is 53.9 Å². The predicted octanol–water partition coefficient (Wildman–Crippen LogP) is 3.51. The lowest BCUT2D eigenvalue weighted by Crippen LogP contribution is -2.48. The van der Waals surface area contributed by atoms with Gasteiger partial charge in [0.15, 0.2) is 0 Å². The van der Waals surface area contributed by atoms with E-state index in [1.807, 2.05) is 44.2 Å². The molecule has 7 nitrogen and oxygen atoms in total.